The van der Waals surface area contributed by atoms with Crippen molar-refractivity contribution < 1.29 is 0 Å². The molecule has 1 atom stereocenters. The van der Waals surface area contributed by atoms with E-state index in [2.05, 4.69) is 46.0 Å². The minimum absolute atomic E-state index is 0.0511. The molecular formula is C13H15BrN2S. The van der Waals surface area contributed by atoms with Gasteiger partial charge in [-0.2, -0.15) is 0 Å². The number of halogens is 1. The van der Waals surface area contributed by atoms with Crippen LogP contribution in [0.1, 0.15) is 29.1 Å². The summed E-state index contributed by atoms with van der Waals surface area (Å²) in [6.45, 7) is 6.09. The number of nitrogens with two attached hydrogens (primary N) is 1. The first-order chi connectivity index (χ1) is 7.99. The summed E-state index contributed by atoms with van der Waals surface area (Å²) < 4.78 is 1.12. The third kappa shape index (κ3) is 2.59. The molecule has 0 aliphatic rings. The van der Waals surface area contributed by atoms with Gasteiger partial charge in [0.1, 0.15) is 5.01 Å². The Bertz CT molecular complexity index is 546. The van der Waals surface area contributed by atoms with Crippen molar-refractivity contribution >= 4 is 27.3 Å². The van der Waals surface area contributed by atoms with E-state index in [1.807, 2.05) is 13.8 Å². The number of hydrogen-bond donors (Lipinski definition) is 1. The third-order valence-corrected chi connectivity index (χ3v) is 4.93. The van der Waals surface area contributed by atoms with Crippen LogP contribution in [0, 0.1) is 13.8 Å². The zero-order valence-corrected chi connectivity index (χ0v) is 12.5. The summed E-state index contributed by atoms with van der Waals surface area (Å²) >= 11 is 5.23. The molecule has 4 heteroatoms. The van der Waals surface area contributed by atoms with Gasteiger partial charge < -0.3 is 5.73 Å². The van der Waals surface area contributed by atoms with Crippen molar-refractivity contribution in [3.63, 3.8) is 0 Å². The maximum absolute atomic E-state index is 5.92. The zero-order chi connectivity index (χ0) is 12.6. The van der Waals surface area contributed by atoms with Crippen LogP contribution in [0.2, 0.25) is 0 Å². The average Bonchev–Trinajstić information content (AvgIpc) is 2.64. The van der Waals surface area contributed by atoms with E-state index in [0.29, 0.717) is 0 Å². The number of thiazole rings is 1. The second-order valence-electron chi connectivity index (χ2n) is 4.22. The van der Waals surface area contributed by atoms with Gasteiger partial charge in [-0.15, -0.1) is 11.3 Å². The van der Waals surface area contributed by atoms with Gasteiger partial charge in [0.05, 0.1) is 5.69 Å². The Kier molecular flexibility index (Phi) is 3.66. The van der Waals surface area contributed by atoms with Gasteiger partial charge in [0.15, 0.2) is 0 Å². The second kappa shape index (κ2) is 4.88. The quantitative estimate of drug-likeness (QED) is 0.902. The lowest BCUT2D eigenvalue weighted by Gasteiger charge is -2.01. The van der Waals surface area contributed by atoms with Crippen LogP contribution in [0.25, 0.3) is 10.6 Å². The molecule has 1 unspecified atom stereocenters. The summed E-state index contributed by atoms with van der Waals surface area (Å²) in [5.41, 5.74) is 9.33. The third-order valence-electron chi connectivity index (χ3n) is 2.66. The van der Waals surface area contributed by atoms with Crippen molar-refractivity contribution in [2.75, 3.05) is 0 Å². The van der Waals surface area contributed by atoms with Gasteiger partial charge in [0.25, 0.3) is 0 Å². The van der Waals surface area contributed by atoms with Crippen molar-refractivity contribution in [1.29, 1.82) is 0 Å². The van der Waals surface area contributed by atoms with Crippen LogP contribution in [0.15, 0.2) is 22.7 Å². The Balaban J connectivity index is 2.46. The van der Waals surface area contributed by atoms with E-state index < -0.39 is 0 Å². The molecule has 0 bridgehead atoms. The first-order valence-electron chi connectivity index (χ1n) is 5.48. The highest BCUT2D eigenvalue weighted by molar-refractivity contribution is 9.10. The highest BCUT2D eigenvalue weighted by atomic mass is 79.9. The van der Waals surface area contributed by atoms with E-state index in [4.69, 9.17) is 5.73 Å². The second-order valence-corrected chi connectivity index (χ2v) is 6.11. The van der Waals surface area contributed by atoms with E-state index >= 15 is 0 Å². The molecule has 1 aromatic carbocycles. The monoisotopic (exact) mass is 310 g/mol. The molecule has 2 nitrogen and oxygen atoms in total. The van der Waals surface area contributed by atoms with Gasteiger partial charge in [0, 0.05) is 21.0 Å². The predicted octanol–water partition coefficient (Wildman–Crippen LogP) is 4.21. The van der Waals surface area contributed by atoms with Crippen LogP contribution in [0.5, 0.6) is 0 Å². The molecule has 2 aromatic rings. The number of aromatic nitrogens is 1. The SMILES string of the molecule is Cc1ccc(-c2nc(C)c(C(C)N)s2)cc1Br. The standard InChI is InChI=1S/C13H15BrN2S/c1-7-4-5-10(6-11(7)14)13-16-9(3)12(17-13)8(2)15/h4-6,8H,15H2,1-3H3. The molecule has 0 aliphatic carbocycles. The average molecular weight is 311 g/mol. The van der Waals surface area contributed by atoms with E-state index in [-0.39, 0.29) is 6.04 Å². The van der Waals surface area contributed by atoms with Crippen LogP contribution in [-0.4, -0.2) is 4.98 Å². The molecule has 1 aromatic heterocycles. The lowest BCUT2D eigenvalue weighted by molar-refractivity contribution is 0.825. The topological polar surface area (TPSA) is 38.9 Å². The Labute approximate surface area is 114 Å². The summed E-state index contributed by atoms with van der Waals surface area (Å²) in [4.78, 5) is 5.75. The maximum Gasteiger partial charge on any atom is 0.123 e. The van der Waals surface area contributed by atoms with Crippen molar-refractivity contribution in [1.82, 2.24) is 4.98 Å². The van der Waals surface area contributed by atoms with Crippen molar-refractivity contribution in [2.45, 2.75) is 26.8 Å². The molecule has 17 heavy (non-hydrogen) atoms. The minimum Gasteiger partial charge on any atom is -0.323 e. The van der Waals surface area contributed by atoms with Crippen LogP contribution in [0.4, 0.5) is 0 Å². The summed E-state index contributed by atoms with van der Waals surface area (Å²) in [6, 6.07) is 6.36. The van der Waals surface area contributed by atoms with Gasteiger partial charge >= 0.3 is 0 Å². The van der Waals surface area contributed by atoms with Crippen LogP contribution in [-0.2, 0) is 0 Å². The van der Waals surface area contributed by atoms with Crippen molar-refractivity contribution in [3.05, 3.63) is 38.8 Å². The lowest BCUT2D eigenvalue weighted by Crippen LogP contribution is -2.03. The number of aryl methyl sites for hydroxylation is 2. The Morgan fingerprint density at radius 2 is 2.06 bits per heavy atom. The van der Waals surface area contributed by atoms with Gasteiger partial charge in [-0.1, -0.05) is 28.1 Å². The van der Waals surface area contributed by atoms with Crippen LogP contribution >= 0.6 is 27.3 Å². The van der Waals surface area contributed by atoms with Crippen LogP contribution < -0.4 is 5.73 Å². The summed E-state index contributed by atoms with van der Waals surface area (Å²) in [5, 5.41) is 1.04. The van der Waals surface area contributed by atoms with Gasteiger partial charge in [0.2, 0.25) is 0 Å². The van der Waals surface area contributed by atoms with Gasteiger partial charge in [-0.3, -0.25) is 0 Å². The number of rotatable bonds is 2. The van der Waals surface area contributed by atoms with Crippen molar-refractivity contribution in [2.24, 2.45) is 5.73 Å². The lowest BCUT2D eigenvalue weighted by atomic mass is 10.2. The Morgan fingerprint density at radius 1 is 1.35 bits per heavy atom. The molecule has 0 spiro atoms. The molecular weight excluding hydrogens is 296 g/mol. The molecule has 2 rings (SSSR count). The Hall–Kier alpha value is -0.710. The molecule has 0 radical (unpaired) electrons. The zero-order valence-electron chi connectivity index (χ0n) is 10.1. The van der Waals surface area contributed by atoms with Gasteiger partial charge in [-0.25, -0.2) is 4.98 Å². The number of nitrogens with zero attached hydrogens (tertiary/aromatic N) is 1. The maximum atomic E-state index is 5.92. The summed E-state index contributed by atoms with van der Waals surface area (Å²) in [6.07, 6.45) is 0. The molecule has 2 N–H and O–H groups in total. The molecule has 90 valence electrons. The van der Waals surface area contributed by atoms with E-state index in [1.165, 1.54) is 5.56 Å². The predicted molar refractivity (Wildman–Crippen MR) is 77.3 cm³/mol. The molecule has 0 fully saturated rings. The first kappa shape index (κ1) is 12.7. The summed E-state index contributed by atoms with van der Waals surface area (Å²) in [5.74, 6) is 0. The van der Waals surface area contributed by atoms with E-state index in [9.17, 15) is 0 Å². The Morgan fingerprint density at radius 3 is 2.59 bits per heavy atom. The largest absolute Gasteiger partial charge is 0.323 e. The molecule has 0 saturated carbocycles. The highest BCUT2D eigenvalue weighted by Crippen LogP contribution is 2.32. The minimum atomic E-state index is 0.0511. The van der Waals surface area contributed by atoms with Crippen LogP contribution in [0.3, 0.4) is 0 Å². The van der Waals surface area contributed by atoms with E-state index in [1.54, 1.807) is 11.3 Å². The fourth-order valence-corrected chi connectivity index (χ4v) is 3.07. The normalized spacial score (nSPS) is 12.8. The molecule has 1 heterocycles. The fraction of sp³-hybridized carbons (Fsp3) is 0.308. The number of benzene rings is 1. The summed E-state index contributed by atoms with van der Waals surface area (Å²) in [7, 11) is 0. The van der Waals surface area contributed by atoms with E-state index in [0.717, 1.165) is 25.6 Å². The van der Waals surface area contributed by atoms with Crippen molar-refractivity contribution in [3.8, 4) is 10.6 Å². The molecule has 0 amide bonds. The van der Waals surface area contributed by atoms with Gasteiger partial charge in [-0.05, 0) is 32.4 Å². The highest BCUT2D eigenvalue weighted by Gasteiger charge is 2.12. The first-order valence-corrected chi connectivity index (χ1v) is 7.09. The smallest absolute Gasteiger partial charge is 0.123 e. The molecule has 0 saturated heterocycles. The fourth-order valence-electron chi connectivity index (χ4n) is 1.68. The molecule has 0 aliphatic heterocycles. The number of hydrogen-bond acceptors (Lipinski definition) is 3.